The maximum absolute atomic E-state index is 13.2. The van der Waals surface area contributed by atoms with Gasteiger partial charge in [0.05, 0.1) is 6.04 Å². The molecule has 1 amide bonds. The molecule has 1 atom stereocenters. The predicted octanol–water partition coefficient (Wildman–Crippen LogP) is 2.01. The van der Waals surface area contributed by atoms with Crippen molar-refractivity contribution in [3.8, 4) is 0 Å². The summed E-state index contributed by atoms with van der Waals surface area (Å²) in [5, 5.41) is 6.29. The van der Waals surface area contributed by atoms with Crippen molar-refractivity contribution >= 4 is 5.91 Å². The number of hydrogen-bond donors (Lipinski definition) is 1. The predicted molar refractivity (Wildman–Crippen MR) is 61.3 cm³/mol. The third kappa shape index (κ3) is 2.71. The molecule has 0 aliphatic rings. The number of amides is 1. The molecular weight excluding hydrogens is 237 g/mol. The Labute approximate surface area is 103 Å². The van der Waals surface area contributed by atoms with Gasteiger partial charge in [-0.3, -0.25) is 4.79 Å². The molecule has 0 spiro atoms. The van der Waals surface area contributed by atoms with Crippen LogP contribution in [0.25, 0.3) is 0 Å². The summed E-state index contributed by atoms with van der Waals surface area (Å²) in [6.45, 7) is 3.44. The molecule has 0 fully saturated rings. The Morgan fingerprint density at radius 1 is 1.44 bits per heavy atom. The fraction of sp³-hybridized carbons (Fsp3) is 0.250. The zero-order valence-corrected chi connectivity index (χ0v) is 9.98. The lowest BCUT2D eigenvalue weighted by molar-refractivity contribution is 0.0937. The minimum Gasteiger partial charge on any atom is -0.343 e. The standard InChI is InChI=1S/C12H12FN3O2/c1-7-3-9(5-10(13)4-7)12(17)15-8(2)11-14-6-18-16-11/h3-6,8H,1-2H3,(H,15,17)/t8-/m0/s1. The second-order valence-corrected chi connectivity index (χ2v) is 4.00. The molecule has 0 bridgehead atoms. The van der Waals surface area contributed by atoms with Crippen molar-refractivity contribution in [1.82, 2.24) is 15.5 Å². The van der Waals surface area contributed by atoms with E-state index in [2.05, 4.69) is 20.0 Å². The smallest absolute Gasteiger partial charge is 0.251 e. The van der Waals surface area contributed by atoms with Crippen LogP contribution in [0.15, 0.2) is 29.1 Å². The van der Waals surface area contributed by atoms with Crippen LogP contribution < -0.4 is 5.32 Å². The highest BCUT2D eigenvalue weighted by atomic mass is 19.1. The molecule has 0 unspecified atom stereocenters. The van der Waals surface area contributed by atoms with Crippen molar-refractivity contribution in [1.29, 1.82) is 0 Å². The van der Waals surface area contributed by atoms with Crippen molar-refractivity contribution in [2.45, 2.75) is 19.9 Å². The van der Waals surface area contributed by atoms with E-state index in [9.17, 15) is 9.18 Å². The maximum Gasteiger partial charge on any atom is 0.251 e. The van der Waals surface area contributed by atoms with Gasteiger partial charge in [-0.05, 0) is 37.6 Å². The molecule has 2 aromatic rings. The first-order valence-corrected chi connectivity index (χ1v) is 5.40. The van der Waals surface area contributed by atoms with Gasteiger partial charge in [-0.1, -0.05) is 5.16 Å². The fourth-order valence-corrected chi connectivity index (χ4v) is 1.58. The summed E-state index contributed by atoms with van der Waals surface area (Å²) >= 11 is 0. The van der Waals surface area contributed by atoms with Crippen LogP contribution in [0.3, 0.4) is 0 Å². The molecule has 6 heteroatoms. The molecule has 18 heavy (non-hydrogen) atoms. The van der Waals surface area contributed by atoms with Crippen LogP contribution in [0.4, 0.5) is 4.39 Å². The number of benzene rings is 1. The van der Waals surface area contributed by atoms with E-state index in [-0.39, 0.29) is 11.5 Å². The number of carbonyl (C=O) groups excluding carboxylic acids is 1. The summed E-state index contributed by atoms with van der Waals surface area (Å²) in [5.74, 6) is -0.446. The van der Waals surface area contributed by atoms with Gasteiger partial charge in [0.25, 0.3) is 5.91 Å². The van der Waals surface area contributed by atoms with Gasteiger partial charge in [-0.2, -0.15) is 4.98 Å². The molecule has 1 N–H and O–H groups in total. The van der Waals surface area contributed by atoms with E-state index in [0.717, 1.165) is 0 Å². The number of hydrogen-bond acceptors (Lipinski definition) is 4. The SMILES string of the molecule is Cc1cc(F)cc(C(=O)N[C@@H](C)c2ncon2)c1. The number of aromatic nitrogens is 2. The Hall–Kier alpha value is -2.24. The Kier molecular flexibility index (Phi) is 3.36. The summed E-state index contributed by atoms with van der Waals surface area (Å²) in [7, 11) is 0. The highest BCUT2D eigenvalue weighted by Crippen LogP contribution is 2.11. The van der Waals surface area contributed by atoms with Gasteiger partial charge in [-0.15, -0.1) is 0 Å². The lowest BCUT2D eigenvalue weighted by Crippen LogP contribution is -2.27. The monoisotopic (exact) mass is 249 g/mol. The number of halogens is 1. The molecule has 1 aromatic heterocycles. The summed E-state index contributed by atoms with van der Waals surface area (Å²) in [6.07, 6.45) is 1.18. The number of nitrogens with zero attached hydrogens (tertiary/aromatic N) is 2. The van der Waals surface area contributed by atoms with E-state index in [0.29, 0.717) is 11.4 Å². The van der Waals surface area contributed by atoms with Crippen LogP contribution in [-0.4, -0.2) is 16.0 Å². The molecule has 0 aliphatic heterocycles. The van der Waals surface area contributed by atoms with E-state index < -0.39 is 11.9 Å². The van der Waals surface area contributed by atoms with Gasteiger partial charge in [0.2, 0.25) is 6.39 Å². The average molecular weight is 249 g/mol. The normalized spacial score (nSPS) is 12.2. The van der Waals surface area contributed by atoms with Gasteiger partial charge in [0.1, 0.15) is 5.82 Å². The van der Waals surface area contributed by atoms with Gasteiger partial charge in [0, 0.05) is 5.56 Å². The molecule has 1 heterocycles. The molecule has 0 saturated heterocycles. The molecule has 0 aliphatic carbocycles. The van der Waals surface area contributed by atoms with Gasteiger partial charge in [0.15, 0.2) is 5.82 Å². The van der Waals surface area contributed by atoms with E-state index >= 15 is 0 Å². The largest absolute Gasteiger partial charge is 0.343 e. The highest BCUT2D eigenvalue weighted by Gasteiger charge is 2.15. The van der Waals surface area contributed by atoms with E-state index in [1.807, 2.05) is 0 Å². The van der Waals surface area contributed by atoms with Crippen LogP contribution in [0.2, 0.25) is 0 Å². The summed E-state index contributed by atoms with van der Waals surface area (Å²) in [4.78, 5) is 15.7. The first kappa shape index (κ1) is 12.2. The van der Waals surface area contributed by atoms with Crippen molar-refractivity contribution < 1.29 is 13.7 Å². The van der Waals surface area contributed by atoms with Crippen molar-refractivity contribution in [3.63, 3.8) is 0 Å². The van der Waals surface area contributed by atoms with Crippen molar-refractivity contribution in [3.05, 3.63) is 47.4 Å². The summed E-state index contributed by atoms with van der Waals surface area (Å²) in [5.41, 5.74) is 0.954. The second kappa shape index (κ2) is 4.95. The molecule has 0 radical (unpaired) electrons. The number of aryl methyl sites for hydroxylation is 1. The number of nitrogens with one attached hydrogen (secondary N) is 1. The lowest BCUT2D eigenvalue weighted by Gasteiger charge is -2.10. The zero-order chi connectivity index (χ0) is 13.1. The Bertz CT molecular complexity index is 534. The van der Waals surface area contributed by atoms with E-state index in [1.165, 1.54) is 18.5 Å². The van der Waals surface area contributed by atoms with Gasteiger partial charge < -0.3 is 9.84 Å². The number of rotatable bonds is 3. The number of carbonyl (C=O) groups is 1. The average Bonchev–Trinajstić information content (AvgIpc) is 2.80. The van der Waals surface area contributed by atoms with Crippen LogP contribution in [0.1, 0.15) is 34.7 Å². The van der Waals surface area contributed by atoms with Gasteiger partial charge in [-0.25, -0.2) is 4.39 Å². The topological polar surface area (TPSA) is 68.0 Å². The first-order chi connectivity index (χ1) is 8.56. The van der Waals surface area contributed by atoms with Gasteiger partial charge >= 0.3 is 0 Å². The minimum atomic E-state index is -0.438. The summed E-state index contributed by atoms with van der Waals surface area (Å²) in [6, 6.07) is 3.76. The zero-order valence-electron chi connectivity index (χ0n) is 9.98. The quantitative estimate of drug-likeness (QED) is 0.903. The van der Waals surface area contributed by atoms with Crippen molar-refractivity contribution in [2.75, 3.05) is 0 Å². The third-order valence-electron chi connectivity index (χ3n) is 2.42. The fourth-order valence-electron chi connectivity index (χ4n) is 1.58. The Morgan fingerprint density at radius 2 is 2.22 bits per heavy atom. The molecule has 0 saturated carbocycles. The van der Waals surface area contributed by atoms with Crippen LogP contribution in [0.5, 0.6) is 0 Å². The van der Waals surface area contributed by atoms with Crippen LogP contribution in [-0.2, 0) is 0 Å². The minimum absolute atomic E-state index is 0.267. The molecule has 2 rings (SSSR count). The third-order valence-corrected chi connectivity index (χ3v) is 2.42. The summed E-state index contributed by atoms with van der Waals surface area (Å²) < 4.78 is 17.8. The molecule has 94 valence electrons. The first-order valence-electron chi connectivity index (χ1n) is 5.40. The highest BCUT2D eigenvalue weighted by molar-refractivity contribution is 5.94. The van der Waals surface area contributed by atoms with E-state index in [4.69, 9.17) is 0 Å². The molecular formula is C12H12FN3O2. The Balaban J connectivity index is 2.12. The van der Waals surface area contributed by atoms with Crippen molar-refractivity contribution in [2.24, 2.45) is 0 Å². The van der Waals surface area contributed by atoms with E-state index in [1.54, 1.807) is 19.9 Å². The maximum atomic E-state index is 13.2. The van der Waals surface area contributed by atoms with Crippen LogP contribution >= 0.6 is 0 Å². The Morgan fingerprint density at radius 3 is 2.83 bits per heavy atom. The molecule has 1 aromatic carbocycles. The molecule has 5 nitrogen and oxygen atoms in total. The van der Waals surface area contributed by atoms with Crippen LogP contribution in [0, 0.1) is 12.7 Å². The lowest BCUT2D eigenvalue weighted by atomic mass is 10.1. The second-order valence-electron chi connectivity index (χ2n) is 4.00.